The van der Waals surface area contributed by atoms with Crippen molar-refractivity contribution < 1.29 is 26.9 Å². The topological polar surface area (TPSA) is 93.8 Å². The van der Waals surface area contributed by atoms with Crippen LogP contribution < -0.4 is 0 Å². The monoisotopic (exact) mass is 296 g/mol. The first-order valence-corrected chi connectivity index (χ1v) is 7.19. The fraction of sp³-hybridized carbons (Fsp3) is 0.154. The Morgan fingerprint density at radius 1 is 1.20 bits per heavy atom. The van der Waals surface area contributed by atoms with Gasteiger partial charge in [0.1, 0.15) is 12.4 Å². The maximum atomic E-state index is 11.9. The largest absolute Gasteiger partial charge is 0.466 e. The lowest BCUT2D eigenvalue weighted by Crippen LogP contribution is -2.23. The van der Waals surface area contributed by atoms with Gasteiger partial charge < -0.3 is 9.15 Å². The summed E-state index contributed by atoms with van der Waals surface area (Å²) in [6.07, 6.45) is 1.40. The highest BCUT2D eigenvalue weighted by molar-refractivity contribution is 7.86. The van der Waals surface area contributed by atoms with E-state index < -0.39 is 21.3 Å². The molecule has 0 spiro atoms. The molecule has 1 heterocycles. The lowest BCUT2D eigenvalue weighted by Gasteiger charge is -2.13. The Kier molecular flexibility index (Phi) is 4.21. The van der Waals surface area contributed by atoms with Crippen molar-refractivity contribution in [3.63, 3.8) is 0 Å². The quantitative estimate of drug-likeness (QED) is 0.669. The van der Waals surface area contributed by atoms with Crippen LogP contribution in [0.4, 0.5) is 0 Å². The number of esters is 1. The Hall–Kier alpha value is -2.12. The van der Waals surface area contributed by atoms with E-state index >= 15 is 0 Å². The average molecular weight is 296 g/mol. The zero-order valence-electron chi connectivity index (χ0n) is 10.3. The second-order valence-corrected chi connectivity index (χ2v) is 5.49. The van der Waals surface area contributed by atoms with Crippen LogP contribution >= 0.6 is 0 Å². The van der Waals surface area contributed by atoms with Crippen molar-refractivity contribution in [2.75, 3.05) is 0 Å². The SMILES string of the molecule is O=C(OCc1ccco1)C(c1ccccc1)S(=O)(=O)O. The van der Waals surface area contributed by atoms with Crippen LogP contribution in [0.5, 0.6) is 0 Å². The Bertz CT molecular complexity index is 660. The molecule has 1 unspecified atom stereocenters. The van der Waals surface area contributed by atoms with Gasteiger partial charge in [-0.25, -0.2) is 0 Å². The van der Waals surface area contributed by atoms with Crippen molar-refractivity contribution in [1.29, 1.82) is 0 Å². The van der Waals surface area contributed by atoms with Crippen LogP contribution in [0.15, 0.2) is 53.1 Å². The molecular formula is C13H12O6S. The summed E-state index contributed by atoms with van der Waals surface area (Å²) in [5, 5.41) is -1.77. The Morgan fingerprint density at radius 3 is 2.45 bits per heavy atom. The van der Waals surface area contributed by atoms with Crippen LogP contribution in [0, 0.1) is 0 Å². The molecule has 0 fully saturated rings. The van der Waals surface area contributed by atoms with E-state index in [9.17, 15) is 17.8 Å². The molecule has 106 valence electrons. The standard InChI is InChI=1S/C13H12O6S/c14-13(19-9-11-7-4-8-18-11)12(20(15,16)17)10-5-2-1-3-6-10/h1-8,12H,9H2,(H,15,16,17). The number of hydrogen-bond acceptors (Lipinski definition) is 5. The predicted octanol–water partition coefficient (Wildman–Crippen LogP) is 1.95. The minimum absolute atomic E-state index is 0.138. The van der Waals surface area contributed by atoms with E-state index in [1.165, 1.54) is 18.4 Å². The lowest BCUT2D eigenvalue weighted by atomic mass is 10.1. The van der Waals surface area contributed by atoms with Crippen molar-refractivity contribution in [2.24, 2.45) is 0 Å². The Balaban J connectivity index is 2.18. The number of carbonyl (C=O) groups is 1. The molecular weight excluding hydrogens is 284 g/mol. The van der Waals surface area contributed by atoms with Gasteiger partial charge in [0.25, 0.3) is 10.1 Å². The fourth-order valence-electron chi connectivity index (χ4n) is 1.67. The lowest BCUT2D eigenvalue weighted by molar-refractivity contribution is -0.145. The van der Waals surface area contributed by atoms with E-state index in [4.69, 9.17) is 9.15 Å². The highest BCUT2D eigenvalue weighted by atomic mass is 32.2. The van der Waals surface area contributed by atoms with Gasteiger partial charge in [-0.2, -0.15) is 8.42 Å². The van der Waals surface area contributed by atoms with Gasteiger partial charge in [0.15, 0.2) is 0 Å². The highest BCUT2D eigenvalue weighted by Crippen LogP contribution is 2.23. The van der Waals surface area contributed by atoms with E-state index in [1.807, 2.05) is 0 Å². The minimum atomic E-state index is -4.61. The van der Waals surface area contributed by atoms with Gasteiger partial charge in [0.2, 0.25) is 5.25 Å². The van der Waals surface area contributed by atoms with Gasteiger partial charge in [-0.05, 0) is 17.7 Å². The van der Waals surface area contributed by atoms with Gasteiger partial charge in [0, 0.05) is 0 Å². The number of ether oxygens (including phenoxy) is 1. The van der Waals surface area contributed by atoms with Gasteiger partial charge in [-0.1, -0.05) is 30.3 Å². The van der Waals surface area contributed by atoms with Crippen molar-refractivity contribution in [3.8, 4) is 0 Å². The first-order valence-electron chi connectivity index (χ1n) is 5.69. The Labute approximate surface area is 115 Å². The van der Waals surface area contributed by atoms with E-state index in [-0.39, 0.29) is 12.2 Å². The molecule has 7 heteroatoms. The summed E-state index contributed by atoms with van der Waals surface area (Å²) in [6.45, 7) is -0.204. The average Bonchev–Trinajstić information content (AvgIpc) is 2.89. The smallest absolute Gasteiger partial charge is 0.331 e. The highest BCUT2D eigenvalue weighted by Gasteiger charge is 2.34. The van der Waals surface area contributed by atoms with Crippen LogP contribution in [0.3, 0.4) is 0 Å². The second kappa shape index (κ2) is 5.89. The third-order valence-corrected chi connectivity index (χ3v) is 3.61. The molecule has 1 atom stereocenters. The normalized spacial score (nSPS) is 12.8. The molecule has 1 aromatic heterocycles. The predicted molar refractivity (Wildman–Crippen MR) is 69.2 cm³/mol. The summed E-state index contributed by atoms with van der Waals surface area (Å²) < 4.78 is 41.8. The molecule has 2 rings (SSSR count). The van der Waals surface area contributed by atoms with Crippen LogP contribution in [0.2, 0.25) is 0 Å². The summed E-state index contributed by atoms with van der Waals surface area (Å²) in [6, 6.07) is 10.8. The van der Waals surface area contributed by atoms with E-state index in [1.54, 1.807) is 30.3 Å². The van der Waals surface area contributed by atoms with E-state index in [2.05, 4.69) is 0 Å². The van der Waals surface area contributed by atoms with E-state index in [0.29, 0.717) is 5.76 Å². The summed E-state index contributed by atoms with van der Waals surface area (Å²) in [4.78, 5) is 11.9. The number of hydrogen-bond donors (Lipinski definition) is 1. The molecule has 0 aliphatic carbocycles. The molecule has 0 radical (unpaired) electrons. The third-order valence-electron chi connectivity index (χ3n) is 2.55. The molecule has 2 aromatic rings. The summed E-state index contributed by atoms with van der Waals surface area (Å²) >= 11 is 0. The van der Waals surface area contributed by atoms with Crippen molar-refractivity contribution in [2.45, 2.75) is 11.9 Å². The minimum Gasteiger partial charge on any atom is -0.466 e. The molecule has 0 bridgehead atoms. The molecule has 0 saturated heterocycles. The molecule has 1 aromatic carbocycles. The van der Waals surface area contributed by atoms with Crippen molar-refractivity contribution in [3.05, 3.63) is 60.1 Å². The number of furan rings is 1. The zero-order chi connectivity index (χ0) is 14.6. The summed E-state index contributed by atoms with van der Waals surface area (Å²) in [5.41, 5.74) is 0.138. The number of carbonyl (C=O) groups excluding carboxylic acids is 1. The summed E-state index contributed by atoms with van der Waals surface area (Å²) in [7, 11) is -4.61. The van der Waals surface area contributed by atoms with Crippen LogP contribution in [-0.4, -0.2) is 18.9 Å². The maximum absolute atomic E-state index is 11.9. The maximum Gasteiger partial charge on any atom is 0.331 e. The Morgan fingerprint density at radius 2 is 1.90 bits per heavy atom. The first kappa shape index (κ1) is 14.3. The molecule has 0 aliphatic heterocycles. The van der Waals surface area contributed by atoms with Crippen molar-refractivity contribution in [1.82, 2.24) is 0 Å². The van der Waals surface area contributed by atoms with Crippen LogP contribution in [0.1, 0.15) is 16.6 Å². The third kappa shape index (κ3) is 3.46. The number of benzene rings is 1. The van der Waals surface area contributed by atoms with Gasteiger partial charge in [-0.15, -0.1) is 0 Å². The van der Waals surface area contributed by atoms with Crippen LogP contribution in [-0.2, 0) is 26.3 Å². The van der Waals surface area contributed by atoms with Crippen molar-refractivity contribution >= 4 is 16.1 Å². The van der Waals surface area contributed by atoms with Crippen LogP contribution in [0.25, 0.3) is 0 Å². The first-order chi connectivity index (χ1) is 9.48. The molecule has 0 saturated carbocycles. The molecule has 0 amide bonds. The molecule has 1 N–H and O–H groups in total. The molecule has 0 aliphatic rings. The summed E-state index contributed by atoms with van der Waals surface area (Å²) in [5.74, 6) is -0.685. The molecule has 20 heavy (non-hydrogen) atoms. The number of rotatable bonds is 5. The fourth-order valence-corrected chi connectivity index (χ4v) is 2.48. The van der Waals surface area contributed by atoms with Gasteiger partial charge in [-0.3, -0.25) is 9.35 Å². The van der Waals surface area contributed by atoms with Gasteiger partial charge in [0.05, 0.1) is 6.26 Å². The second-order valence-electron chi connectivity index (χ2n) is 3.99. The van der Waals surface area contributed by atoms with Gasteiger partial charge >= 0.3 is 5.97 Å². The molecule has 6 nitrogen and oxygen atoms in total. The zero-order valence-corrected chi connectivity index (χ0v) is 11.1. The van der Waals surface area contributed by atoms with E-state index in [0.717, 1.165) is 0 Å².